The standard InChI is InChI=1S/C15H19F3N2O4/c16-15(17,18)24-12-7-5-6-11(10-12)19-13(21)8-3-1-2-4-9-14(22)20-23/h5-7,10,23H,1-4,8-9H2,(H,19,21)(H,20,22). The molecule has 24 heavy (non-hydrogen) atoms. The third-order valence-electron chi connectivity index (χ3n) is 3.03. The van der Waals surface area contributed by atoms with Gasteiger partial charge in [-0.2, -0.15) is 0 Å². The Bertz CT molecular complexity index is 550. The molecule has 0 aliphatic rings. The molecule has 0 unspecified atom stereocenters. The summed E-state index contributed by atoms with van der Waals surface area (Å²) in [5.74, 6) is -1.16. The van der Waals surface area contributed by atoms with E-state index in [0.29, 0.717) is 12.8 Å². The van der Waals surface area contributed by atoms with Crippen LogP contribution in [-0.2, 0) is 9.59 Å². The lowest BCUT2D eigenvalue weighted by Gasteiger charge is -2.10. The Morgan fingerprint density at radius 3 is 2.25 bits per heavy atom. The molecule has 134 valence electrons. The van der Waals surface area contributed by atoms with Crippen LogP contribution in [0.15, 0.2) is 24.3 Å². The monoisotopic (exact) mass is 348 g/mol. The fraction of sp³-hybridized carbons (Fsp3) is 0.467. The lowest BCUT2D eigenvalue weighted by Crippen LogP contribution is -2.17. The van der Waals surface area contributed by atoms with E-state index < -0.39 is 18.0 Å². The van der Waals surface area contributed by atoms with E-state index in [0.717, 1.165) is 25.0 Å². The Balaban J connectivity index is 2.28. The maximum absolute atomic E-state index is 12.1. The van der Waals surface area contributed by atoms with E-state index in [9.17, 15) is 22.8 Å². The molecule has 0 radical (unpaired) electrons. The van der Waals surface area contributed by atoms with Crippen molar-refractivity contribution in [2.45, 2.75) is 44.9 Å². The fourth-order valence-electron chi connectivity index (χ4n) is 1.98. The van der Waals surface area contributed by atoms with Crippen molar-refractivity contribution in [2.75, 3.05) is 5.32 Å². The predicted octanol–water partition coefficient (Wildman–Crippen LogP) is 3.37. The highest BCUT2D eigenvalue weighted by atomic mass is 19.4. The number of carbonyl (C=O) groups is 2. The maximum Gasteiger partial charge on any atom is 0.573 e. The average Bonchev–Trinajstić information content (AvgIpc) is 2.49. The van der Waals surface area contributed by atoms with Crippen molar-refractivity contribution in [3.8, 4) is 5.75 Å². The second kappa shape index (κ2) is 9.76. The lowest BCUT2D eigenvalue weighted by molar-refractivity contribution is -0.274. The Morgan fingerprint density at radius 1 is 1.04 bits per heavy atom. The van der Waals surface area contributed by atoms with Gasteiger partial charge in [0, 0.05) is 24.6 Å². The van der Waals surface area contributed by atoms with Gasteiger partial charge in [-0.05, 0) is 25.0 Å². The Hall–Kier alpha value is -2.29. The van der Waals surface area contributed by atoms with Crippen molar-refractivity contribution in [1.82, 2.24) is 5.48 Å². The lowest BCUT2D eigenvalue weighted by atomic mass is 10.1. The normalized spacial score (nSPS) is 11.0. The van der Waals surface area contributed by atoms with Gasteiger partial charge in [0.1, 0.15) is 5.75 Å². The molecule has 1 rings (SSSR count). The minimum absolute atomic E-state index is 0.217. The second-order valence-corrected chi connectivity index (χ2v) is 5.07. The predicted molar refractivity (Wildman–Crippen MR) is 79.4 cm³/mol. The molecule has 0 heterocycles. The van der Waals surface area contributed by atoms with Crippen LogP contribution in [0.25, 0.3) is 0 Å². The van der Waals surface area contributed by atoms with Crippen molar-refractivity contribution >= 4 is 17.5 Å². The van der Waals surface area contributed by atoms with E-state index in [1.54, 1.807) is 0 Å². The summed E-state index contributed by atoms with van der Waals surface area (Å²) in [6, 6.07) is 5.06. The van der Waals surface area contributed by atoms with Crippen LogP contribution in [-0.4, -0.2) is 23.4 Å². The number of rotatable bonds is 9. The van der Waals surface area contributed by atoms with Gasteiger partial charge in [-0.25, -0.2) is 5.48 Å². The number of unbranched alkanes of at least 4 members (excludes halogenated alkanes) is 3. The topological polar surface area (TPSA) is 87.7 Å². The number of hydrogen-bond donors (Lipinski definition) is 3. The highest BCUT2D eigenvalue weighted by Crippen LogP contribution is 2.25. The van der Waals surface area contributed by atoms with Gasteiger partial charge in [-0.15, -0.1) is 13.2 Å². The molecule has 1 aromatic carbocycles. The number of carbonyl (C=O) groups excluding carboxylic acids is 2. The number of benzene rings is 1. The highest BCUT2D eigenvalue weighted by molar-refractivity contribution is 5.90. The van der Waals surface area contributed by atoms with Crippen molar-refractivity contribution in [2.24, 2.45) is 0 Å². The SMILES string of the molecule is O=C(CCCCCCC(=O)Nc1cccc(OC(F)(F)F)c1)NO. The molecule has 9 heteroatoms. The van der Waals surface area contributed by atoms with Crippen LogP contribution in [0.3, 0.4) is 0 Å². The van der Waals surface area contributed by atoms with Crippen LogP contribution in [0.4, 0.5) is 18.9 Å². The number of amides is 2. The number of halogens is 3. The van der Waals surface area contributed by atoms with Gasteiger partial charge in [0.05, 0.1) is 0 Å². The number of hydroxylamine groups is 1. The van der Waals surface area contributed by atoms with Crippen molar-refractivity contribution in [3.05, 3.63) is 24.3 Å². The molecule has 0 aliphatic carbocycles. The van der Waals surface area contributed by atoms with E-state index in [-0.39, 0.29) is 24.4 Å². The van der Waals surface area contributed by atoms with E-state index in [2.05, 4.69) is 10.1 Å². The van der Waals surface area contributed by atoms with Crippen LogP contribution in [0, 0.1) is 0 Å². The summed E-state index contributed by atoms with van der Waals surface area (Å²) >= 11 is 0. The largest absolute Gasteiger partial charge is 0.573 e. The van der Waals surface area contributed by atoms with Gasteiger partial charge < -0.3 is 10.1 Å². The van der Waals surface area contributed by atoms with Crippen molar-refractivity contribution < 1.29 is 32.7 Å². The third kappa shape index (κ3) is 8.99. The summed E-state index contributed by atoms with van der Waals surface area (Å²) in [5, 5.41) is 10.8. The molecule has 0 aromatic heterocycles. The number of nitrogens with one attached hydrogen (secondary N) is 2. The minimum atomic E-state index is -4.78. The molecule has 0 fully saturated rings. The molecule has 0 aliphatic heterocycles. The van der Waals surface area contributed by atoms with Crippen LogP contribution in [0.2, 0.25) is 0 Å². The molecule has 3 N–H and O–H groups in total. The Kier molecular flexibility index (Phi) is 8.03. The molecule has 6 nitrogen and oxygen atoms in total. The van der Waals surface area contributed by atoms with Crippen molar-refractivity contribution in [3.63, 3.8) is 0 Å². The van der Waals surface area contributed by atoms with E-state index in [4.69, 9.17) is 5.21 Å². The van der Waals surface area contributed by atoms with Gasteiger partial charge in [0.25, 0.3) is 0 Å². The van der Waals surface area contributed by atoms with Crippen LogP contribution >= 0.6 is 0 Å². The average molecular weight is 348 g/mol. The van der Waals surface area contributed by atoms with E-state index >= 15 is 0 Å². The summed E-state index contributed by atoms with van der Waals surface area (Å²) < 4.78 is 40.2. The fourth-order valence-corrected chi connectivity index (χ4v) is 1.98. The van der Waals surface area contributed by atoms with Gasteiger partial charge >= 0.3 is 6.36 Å². The van der Waals surface area contributed by atoms with Gasteiger partial charge in [-0.3, -0.25) is 14.8 Å². The number of hydrogen-bond acceptors (Lipinski definition) is 4. The minimum Gasteiger partial charge on any atom is -0.406 e. The third-order valence-corrected chi connectivity index (χ3v) is 3.03. The molecular weight excluding hydrogens is 329 g/mol. The smallest absolute Gasteiger partial charge is 0.406 e. The summed E-state index contributed by atoms with van der Waals surface area (Å²) in [4.78, 5) is 22.5. The first-order valence-electron chi connectivity index (χ1n) is 7.39. The first-order valence-corrected chi connectivity index (χ1v) is 7.39. The zero-order chi connectivity index (χ0) is 18.0. The van der Waals surface area contributed by atoms with Crippen LogP contribution in [0.1, 0.15) is 38.5 Å². The molecular formula is C15H19F3N2O4. The highest BCUT2D eigenvalue weighted by Gasteiger charge is 2.31. The molecule has 0 saturated heterocycles. The molecule has 2 amide bonds. The van der Waals surface area contributed by atoms with Crippen molar-refractivity contribution in [1.29, 1.82) is 0 Å². The summed E-state index contributed by atoms with van der Waals surface area (Å²) in [6.07, 6.45) is -1.70. The van der Waals surface area contributed by atoms with Gasteiger partial charge in [0.15, 0.2) is 0 Å². The second-order valence-electron chi connectivity index (χ2n) is 5.07. The molecule has 0 atom stereocenters. The molecule has 0 spiro atoms. The quantitative estimate of drug-likeness (QED) is 0.363. The first kappa shape index (κ1) is 19.8. The Labute approximate surface area is 136 Å². The maximum atomic E-state index is 12.1. The van der Waals surface area contributed by atoms with E-state index in [1.807, 2.05) is 0 Å². The number of alkyl halides is 3. The molecule has 1 aromatic rings. The van der Waals surface area contributed by atoms with Crippen LogP contribution in [0.5, 0.6) is 5.75 Å². The first-order chi connectivity index (χ1) is 11.3. The number of ether oxygens (including phenoxy) is 1. The molecule has 0 saturated carbocycles. The van der Waals surface area contributed by atoms with Crippen LogP contribution < -0.4 is 15.5 Å². The van der Waals surface area contributed by atoms with Gasteiger partial charge in [-0.1, -0.05) is 18.9 Å². The Morgan fingerprint density at radius 2 is 1.67 bits per heavy atom. The zero-order valence-corrected chi connectivity index (χ0v) is 12.9. The van der Waals surface area contributed by atoms with Gasteiger partial charge in [0.2, 0.25) is 11.8 Å². The number of anilines is 1. The molecule has 0 bridgehead atoms. The van der Waals surface area contributed by atoms with E-state index in [1.165, 1.54) is 17.6 Å². The summed E-state index contributed by atoms with van der Waals surface area (Å²) in [5.41, 5.74) is 1.76. The zero-order valence-electron chi connectivity index (χ0n) is 12.9. The summed E-state index contributed by atoms with van der Waals surface area (Å²) in [7, 11) is 0. The summed E-state index contributed by atoms with van der Waals surface area (Å²) in [6.45, 7) is 0.